The number of carbonyl (C=O) groups is 3. The molecule has 3 fully saturated rings. The summed E-state index contributed by atoms with van der Waals surface area (Å²) in [5.41, 5.74) is 0.732. The molecule has 5 rings (SSSR count). The summed E-state index contributed by atoms with van der Waals surface area (Å²) in [5.74, 6) is -2.25. The molecule has 3 aliphatic heterocycles. The van der Waals surface area contributed by atoms with Gasteiger partial charge < -0.3 is 25.4 Å². The van der Waals surface area contributed by atoms with Crippen LogP contribution >= 0.6 is 15.9 Å². The molecule has 0 aliphatic carbocycles. The quantitative estimate of drug-likeness (QED) is 0.365. The van der Waals surface area contributed by atoms with Gasteiger partial charge in [-0.2, -0.15) is 0 Å². The van der Waals surface area contributed by atoms with Crippen LogP contribution in [-0.2, 0) is 32.2 Å². The number of nitrogens with zero attached hydrogens (tertiary/aromatic N) is 1. The van der Waals surface area contributed by atoms with E-state index in [9.17, 15) is 19.5 Å². The van der Waals surface area contributed by atoms with Crippen LogP contribution in [0.4, 0.5) is 0 Å². The summed E-state index contributed by atoms with van der Waals surface area (Å²) in [6, 6.07) is 17.6. The van der Waals surface area contributed by atoms with Crippen molar-refractivity contribution in [3.8, 4) is 0 Å². The molecule has 3 saturated heterocycles. The van der Waals surface area contributed by atoms with Gasteiger partial charge in [0.25, 0.3) is 0 Å². The molecule has 2 aromatic rings. The second kappa shape index (κ2) is 11.4. The van der Waals surface area contributed by atoms with Crippen LogP contribution in [0, 0.1) is 17.8 Å². The molecule has 3 N–H and O–H groups in total. The van der Waals surface area contributed by atoms with Crippen molar-refractivity contribution in [1.29, 1.82) is 0 Å². The van der Waals surface area contributed by atoms with Gasteiger partial charge in [-0.15, -0.1) is 0 Å². The number of nitrogens with one attached hydrogen (secondary N) is 2. The topological polar surface area (TPSA) is 108 Å². The zero-order chi connectivity index (χ0) is 27.7. The summed E-state index contributed by atoms with van der Waals surface area (Å²) in [6.45, 7) is 4.39. The Balaban J connectivity index is 1.46. The largest absolute Gasteiger partial charge is 0.394 e. The van der Waals surface area contributed by atoms with Crippen LogP contribution in [0.3, 0.4) is 0 Å². The molecule has 2 bridgehead atoms. The first-order chi connectivity index (χ1) is 18.8. The Bertz CT molecular complexity index is 1200. The van der Waals surface area contributed by atoms with E-state index in [1.807, 2.05) is 74.5 Å². The number of halogens is 1. The number of amides is 3. The number of ether oxygens (including phenoxy) is 1. The number of likely N-dealkylation sites (tertiary alicyclic amines) is 1. The summed E-state index contributed by atoms with van der Waals surface area (Å²) < 4.78 is 6.56. The zero-order valence-corrected chi connectivity index (χ0v) is 23.8. The first-order valence-corrected chi connectivity index (χ1v) is 14.6. The lowest BCUT2D eigenvalue weighted by Crippen LogP contribution is -2.58. The molecule has 9 heteroatoms. The molecule has 3 heterocycles. The molecule has 39 heavy (non-hydrogen) atoms. The predicted molar refractivity (Wildman–Crippen MR) is 149 cm³/mol. The van der Waals surface area contributed by atoms with Gasteiger partial charge in [0.05, 0.1) is 30.6 Å². The lowest BCUT2D eigenvalue weighted by Gasteiger charge is -2.37. The van der Waals surface area contributed by atoms with Crippen LogP contribution in [-0.4, -0.2) is 63.0 Å². The minimum atomic E-state index is -1.16. The Kier molecular flexibility index (Phi) is 8.12. The Morgan fingerprint density at radius 2 is 1.59 bits per heavy atom. The van der Waals surface area contributed by atoms with Gasteiger partial charge in [-0.3, -0.25) is 14.4 Å². The van der Waals surface area contributed by atoms with Gasteiger partial charge in [0.2, 0.25) is 17.7 Å². The first-order valence-electron chi connectivity index (χ1n) is 13.6. The van der Waals surface area contributed by atoms with E-state index < -0.39 is 35.6 Å². The molecular formula is C30H36BrN3O5. The third-order valence-electron chi connectivity index (χ3n) is 8.24. The minimum absolute atomic E-state index is 0.184. The molecule has 3 amide bonds. The third-order valence-corrected chi connectivity index (χ3v) is 9.09. The summed E-state index contributed by atoms with van der Waals surface area (Å²) in [6.07, 6.45) is 0.425. The predicted octanol–water partition coefficient (Wildman–Crippen LogP) is 2.77. The number of hydrogen-bond acceptors (Lipinski definition) is 5. The number of carbonyl (C=O) groups excluding carboxylic acids is 3. The number of fused-ring (bicyclic) bond motifs is 1. The van der Waals surface area contributed by atoms with E-state index in [0.717, 1.165) is 11.1 Å². The monoisotopic (exact) mass is 597 g/mol. The van der Waals surface area contributed by atoms with Crippen LogP contribution in [0.25, 0.3) is 0 Å². The number of aliphatic hydroxyl groups excluding tert-OH is 1. The summed E-state index contributed by atoms with van der Waals surface area (Å²) >= 11 is 3.70. The number of rotatable bonds is 10. The number of benzene rings is 2. The number of alkyl halides is 1. The van der Waals surface area contributed by atoms with E-state index in [1.54, 1.807) is 0 Å². The van der Waals surface area contributed by atoms with Crippen molar-refractivity contribution < 1.29 is 24.2 Å². The van der Waals surface area contributed by atoms with Crippen molar-refractivity contribution in [3.05, 3.63) is 71.8 Å². The van der Waals surface area contributed by atoms with Crippen LogP contribution in [0.2, 0.25) is 0 Å². The fourth-order valence-electron chi connectivity index (χ4n) is 6.66. The van der Waals surface area contributed by atoms with E-state index in [1.165, 1.54) is 4.90 Å². The van der Waals surface area contributed by atoms with Crippen molar-refractivity contribution in [2.75, 3.05) is 6.61 Å². The van der Waals surface area contributed by atoms with Crippen LogP contribution < -0.4 is 10.6 Å². The number of hydrogen-bond donors (Lipinski definition) is 3. The maximum atomic E-state index is 14.2. The van der Waals surface area contributed by atoms with E-state index in [4.69, 9.17) is 4.74 Å². The molecule has 3 unspecified atom stereocenters. The van der Waals surface area contributed by atoms with Crippen LogP contribution in [0.15, 0.2) is 60.7 Å². The minimum Gasteiger partial charge on any atom is -0.394 e. The standard InChI is InChI=1S/C30H36BrN3O5/c1-18(2)13-21(17-35)34-26(28(37)33-16-20-11-7-4-8-12-20)30-14-22(31)25(39-30)23(24(30)29(34)38)27(36)32-15-19-9-5-3-6-10-19/h3-12,18,21-26,35H,13-17H2,1-2H3,(H,32,36)(H,33,37)/t21-,22?,23+,24+,25+,26?,30?/m1/s1. The van der Waals surface area contributed by atoms with Gasteiger partial charge in [-0.1, -0.05) is 90.4 Å². The maximum Gasteiger partial charge on any atom is 0.246 e. The highest BCUT2D eigenvalue weighted by molar-refractivity contribution is 9.09. The van der Waals surface area contributed by atoms with Gasteiger partial charge in [0.1, 0.15) is 11.6 Å². The molecule has 0 aromatic heterocycles. The van der Waals surface area contributed by atoms with Gasteiger partial charge >= 0.3 is 0 Å². The normalized spacial score (nSPS) is 29.9. The van der Waals surface area contributed by atoms with Gasteiger partial charge in [-0.05, 0) is 29.9 Å². The molecule has 0 saturated carbocycles. The van der Waals surface area contributed by atoms with E-state index >= 15 is 0 Å². The highest BCUT2D eigenvalue weighted by Gasteiger charge is 2.77. The van der Waals surface area contributed by atoms with E-state index in [2.05, 4.69) is 26.6 Å². The van der Waals surface area contributed by atoms with E-state index in [0.29, 0.717) is 25.9 Å². The zero-order valence-electron chi connectivity index (χ0n) is 22.3. The molecule has 1 spiro atoms. The number of aliphatic hydroxyl groups is 1. The lowest BCUT2D eigenvalue weighted by molar-refractivity contribution is -0.146. The van der Waals surface area contributed by atoms with Gasteiger partial charge in [0.15, 0.2) is 0 Å². The molecule has 8 nitrogen and oxygen atoms in total. The Hall–Kier alpha value is -2.75. The summed E-state index contributed by atoms with van der Waals surface area (Å²) in [5, 5.41) is 16.4. The Morgan fingerprint density at radius 3 is 2.13 bits per heavy atom. The summed E-state index contributed by atoms with van der Waals surface area (Å²) in [7, 11) is 0. The fourth-order valence-corrected chi connectivity index (χ4v) is 7.61. The molecule has 208 valence electrons. The molecule has 7 atom stereocenters. The maximum absolute atomic E-state index is 14.2. The fraction of sp³-hybridized carbons (Fsp3) is 0.500. The molecular weight excluding hydrogens is 562 g/mol. The summed E-state index contributed by atoms with van der Waals surface area (Å²) in [4.78, 5) is 43.1. The highest BCUT2D eigenvalue weighted by atomic mass is 79.9. The van der Waals surface area contributed by atoms with E-state index in [-0.39, 0.29) is 35.1 Å². The highest BCUT2D eigenvalue weighted by Crippen LogP contribution is 2.60. The van der Waals surface area contributed by atoms with Crippen molar-refractivity contribution in [1.82, 2.24) is 15.5 Å². The van der Waals surface area contributed by atoms with Crippen molar-refractivity contribution in [2.24, 2.45) is 17.8 Å². The van der Waals surface area contributed by atoms with Gasteiger partial charge in [-0.25, -0.2) is 0 Å². The van der Waals surface area contributed by atoms with Crippen molar-refractivity contribution in [3.63, 3.8) is 0 Å². The molecule has 3 aliphatic rings. The smallest absolute Gasteiger partial charge is 0.246 e. The average Bonchev–Trinajstić information content (AvgIpc) is 3.53. The van der Waals surface area contributed by atoms with Crippen LogP contribution in [0.1, 0.15) is 37.8 Å². The third kappa shape index (κ3) is 5.12. The van der Waals surface area contributed by atoms with Gasteiger partial charge in [0, 0.05) is 17.9 Å². The van der Waals surface area contributed by atoms with Crippen molar-refractivity contribution >= 4 is 33.7 Å². The Labute approximate surface area is 237 Å². The second-order valence-electron chi connectivity index (χ2n) is 11.3. The lowest BCUT2D eigenvalue weighted by atomic mass is 9.70. The molecule has 0 radical (unpaired) electrons. The SMILES string of the molecule is CC(C)C[C@H](CO)N1C(=O)[C@@H]2[C@H](C(=O)NCc3ccccc3)[C@H]3OC2(CC3Br)C1C(=O)NCc1ccccc1. The average molecular weight is 599 g/mol. The first kappa shape index (κ1) is 27.8. The second-order valence-corrected chi connectivity index (χ2v) is 12.5. The Morgan fingerprint density at radius 1 is 1.03 bits per heavy atom. The molecule has 2 aromatic carbocycles. The van der Waals surface area contributed by atoms with Crippen molar-refractivity contribution in [2.45, 2.75) is 68.4 Å². The van der Waals surface area contributed by atoms with Crippen LogP contribution in [0.5, 0.6) is 0 Å².